The molecule has 0 atom stereocenters. The molecule has 0 bridgehead atoms. The van der Waals surface area contributed by atoms with Gasteiger partial charge in [-0.3, -0.25) is 0 Å². The van der Waals surface area contributed by atoms with Crippen LogP contribution >= 0.6 is 0 Å². The van der Waals surface area contributed by atoms with Gasteiger partial charge in [0.1, 0.15) is 12.2 Å². The normalized spacial score (nSPS) is 11.7. The fourth-order valence-corrected chi connectivity index (χ4v) is 1.65. The Bertz CT molecular complexity index is 605. The van der Waals surface area contributed by atoms with E-state index < -0.39 is 12.6 Å². The Morgan fingerprint density at radius 3 is 2.71 bits per heavy atom. The summed E-state index contributed by atoms with van der Waals surface area (Å²) in [5.74, 6) is -0.0532. The molecule has 0 aliphatic carbocycles. The van der Waals surface area contributed by atoms with E-state index in [4.69, 9.17) is 5.26 Å². The van der Waals surface area contributed by atoms with Gasteiger partial charge >= 0.3 is 6.18 Å². The average Bonchev–Trinajstić information content (AvgIpc) is 2.53. The first-order valence-electron chi connectivity index (χ1n) is 4.83. The molecule has 6 heteroatoms. The van der Waals surface area contributed by atoms with Gasteiger partial charge in [0.2, 0.25) is 0 Å². The monoisotopic (exact) mass is 239 g/mol. The predicted molar refractivity (Wildman–Crippen MR) is 55.2 cm³/mol. The second-order valence-corrected chi connectivity index (χ2v) is 3.69. The molecule has 0 unspecified atom stereocenters. The van der Waals surface area contributed by atoms with Crippen molar-refractivity contribution in [1.29, 1.82) is 5.26 Å². The van der Waals surface area contributed by atoms with Crippen molar-refractivity contribution in [3.05, 3.63) is 29.6 Å². The number of fused-ring (bicyclic) bond motifs is 1. The summed E-state index contributed by atoms with van der Waals surface area (Å²) < 4.78 is 38.2. The standard InChI is InChI=1S/C11H8F3N3/c1-17-9-4-7(6-15)2-3-8(9)16-10(17)5-11(12,13)14/h2-4H,5H2,1H3. The summed E-state index contributed by atoms with van der Waals surface area (Å²) in [6.07, 6.45) is -5.35. The number of rotatable bonds is 1. The van der Waals surface area contributed by atoms with Gasteiger partial charge in [-0.15, -0.1) is 0 Å². The van der Waals surface area contributed by atoms with Gasteiger partial charge in [0.25, 0.3) is 0 Å². The number of halogens is 3. The molecule has 0 saturated carbocycles. The van der Waals surface area contributed by atoms with Gasteiger partial charge in [-0.1, -0.05) is 0 Å². The van der Waals surface area contributed by atoms with Crippen molar-refractivity contribution in [3.8, 4) is 6.07 Å². The molecule has 0 radical (unpaired) electrons. The molecule has 0 saturated heterocycles. The highest BCUT2D eigenvalue weighted by Gasteiger charge is 2.30. The van der Waals surface area contributed by atoms with E-state index in [0.717, 1.165) is 0 Å². The van der Waals surface area contributed by atoms with Gasteiger partial charge in [-0.25, -0.2) is 4.98 Å². The topological polar surface area (TPSA) is 41.6 Å². The van der Waals surface area contributed by atoms with Crippen LogP contribution in [-0.4, -0.2) is 15.7 Å². The van der Waals surface area contributed by atoms with Gasteiger partial charge in [0.15, 0.2) is 0 Å². The molecule has 2 rings (SSSR count). The summed E-state index contributed by atoms with van der Waals surface area (Å²) in [4.78, 5) is 3.91. The minimum absolute atomic E-state index is 0.0532. The SMILES string of the molecule is Cn1c(CC(F)(F)F)nc2ccc(C#N)cc21. The molecule has 1 heterocycles. The maximum atomic E-state index is 12.3. The number of nitriles is 1. The Hall–Kier alpha value is -2.03. The number of benzene rings is 1. The van der Waals surface area contributed by atoms with E-state index in [-0.39, 0.29) is 5.82 Å². The molecule has 2 aromatic rings. The molecule has 0 fully saturated rings. The van der Waals surface area contributed by atoms with Crippen LogP contribution in [0.1, 0.15) is 11.4 Å². The van der Waals surface area contributed by atoms with E-state index in [1.807, 2.05) is 6.07 Å². The number of hydrogen-bond donors (Lipinski definition) is 0. The zero-order valence-electron chi connectivity index (χ0n) is 8.91. The second kappa shape index (κ2) is 3.77. The lowest BCUT2D eigenvalue weighted by atomic mass is 10.2. The largest absolute Gasteiger partial charge is 0.396 e. The fraction of sp³-hybridized carbons (Fsp3) is 0.273. The summed E-state index contributed by atoms with van der Waals surface area (Å²) in [5.41, 5.74) is 1.40. The number of nitrogens with zero attached hydrogens (tertiary/aromatic N) is 3. The lowest BCUT2D eigenvalue weighted by Gasteiger charge is -2.05. The van der Waals surface area contributed by atoms with Gasteiger partial charge in [0.05, 0.1) is 22.7 Å². The van der Waals surface area contributed by atoms with Crippen LogP contribution in [0.25, 0.3) is 11.0 Å². The smallest absolute Gasteiger partial charge is 0.331 e. The highest BCUT2D eigenvalue weighted by atomic mass is 19.4. The molecule has 0 aliphatic heterocycles. The zero-order chi connectivity index (χ0) is 12.6. The summed E-state index contributed by atoms with van der Waals surface area (Å²) in [6, 6.07) is 6.55. The van der Waals surface area contributed by atoms with Gasteiger partial charge in [-0.05, 0) is 18.2 Å². The summed E-state index contributed by atoms with van der Waals surface area (Å²) in [7, 11) is 1.51. The third-order valence-corrected chi connectivity index (χ3v) is 2.46. The molecule has 88 valence electrons. The number of imidazole rings is 1. The molecule has 17 heavy (non-hydrogen) atoms. The van der Waals surface area contributed by atoms with Crippen molar-refractivity contribution in [1.82, 2.24) is 9.55 Å². The van der Waals surface area contributed by atoms with Crippen LogP contribution in [0.15, 0.2) is 18.2 Å². The van der Waals surface area contributed by atoms with Crippen LogP contribution in [0.3, 0.4) is 0 Å². The maximum Gasteiger partial charge on any atom is 0.396 e. The van der Waals surface area contributed by atoms with Gasteiger partial charge in [0, 0.05) is 7.05 Å². The molecular formula is C11H8F3N3. The first-order chi connectivity index (χ1) is 7.90. The molecule has 3 nitrogen and oxygen atoms in total. The first-order valence-corrected chi connectivity index (χ1v) is 4.83. The molecule has 1 aromatic carbocycles. The van der Waals surface area contributed by atoms with Crippen LogP contribution < -0.4 is 0 Å². The minimum Gasteiger partial charge on any atom is -0.331 e. The fourth-order valence-electron chi connectivity index (χ4n) is 1.65. The van der Waals surface area contributed by atoms with Crippen molar-refractivity contribution in [2.45, 2.75) is 12.6 Å². The van der Waals surface area contributed by atoms with E-state index >= 15 is 0 Å². The number of aromatic nitrogens is 2. The van der Waals surface area contributed by atoms with E-state index in [1.165, 1.54) is 23.7 Å². The summed E-state index contributed by atoms with van der Waals surface area (Å²) in [5, 5.41) is 8.72. The Kier molecular flexibility index (Phi) is 2.54. The highest BCUT2D eigenvalue weighted by Crippen LogP contribution is 2.23. The highest BCUT2D eigenvalue weighted by molar-refractivity contribution is 5.77. The second-order valence-electron chi connectivity index (χ2n) is 3.69. The Labute approximate surface area is 95.1 Å². The van der Waals surface area contributed by atoms with Crippen molar-refractivity contribution in [2.24, 2.45) is 7.05 Å². The van der Waals surface area contributed by atoms with Crippen LogP contribution in [0.5, 0.6) is 0 Å². The summed E-state index contributed by atoms with van der Waals surface area (Å²) in [6.45, 7) is 0. The minimum atomic E-state index is -4.28. The molecular weight excluding hydrogens is 231 g/mol. The summed E-state index contributed by atoms with van der Waals surface area (Å²) >= 11 is 0. The van der Waals surface area contributed by atoms with Crippen LogP contribution in [0.2, 0.25) is 0 Å². The Morgan fingerprint density at radius 1 is 1.41 bits per heavy atom. The van der Waals surface area contributed by atoms with Crippen LogP contribution in [-0.2, 0) is 13.5 Å². The molecule has 0 amide bonds. The molecule has 0 spiro atoms. The lowest BCUT2D eigenvalue weighted by Crippen LogP contribution is -2.15. The van der Waals surface area contributed by atoms with Crippen molar-refractivity contribution < 1.29 is 13.2 Å². The van der Waals surface area contributed by atoms with E-state index in [1.54, 1.807) is 6.07 Å². The van der Waals surface area contributed by atoms with Gasteiger partial charge < -0.3 is 4.57 Å². The number of aryl methyl sites for hydroxylation is 1. The number of hydrogen-bond acceptors (Lipinski definition) is 2. The van der Waals surface area contributed by atoms with Crippen molar-refractivity contribution >= 4 is 11.0 Å². The molecule has 1 aromatic heterocycles. The third-order valence-electron chi connectivity index (χ3n) is 2.46. The molecule has 0 aliphatic rings. The quantitative estimate of drug-likeness (QED) is 0.767. The Morgan fingerprint density at radius 2 is 2.12 bits per heavy atom. The van der Waals surface area contributed by atoms with E-state index in [0.29, 0.717) is 16.6 Å². The Balaban J connectivity index is 2.54. The van der Waals surface area contributed by atoms with Crippen LogP contribution in [0, 0.1) is 11.3 Å². The van der Waals surface area contributed by atoms with Crippen molar-refractivity contribution in [3.63, 3.8) is 0 Å². The number of alkyl halides is 3. The average molecular weight is 239 g/mol. The molecule has 0 N–H and O–H groups in total. The van der Waals surface area contributed by atoms with E-state index in [2.05, 4.69) is 4.98 Å². The lowest BCUT2D eigenvalue weighted by molar-refractivity contribution is -0.128. The van der Waals surface area contributed by atoms with Crippen molar-refractivity contribution in [2.75, 3.05) is 0 Å². The predicted octanol–water partition coefficient (Wildman–Crippen LogP) is 2.55. The zero-order valence-corrected chi connectivity index (χ0v) is 8.91. The first kappa shape index (κ1) is 11.5. The third kappa shape index (κ3) is 2.23. The van der Waals surface area contributed by atoms with Crippen LogP contribution in [0.4, 0.5) is 13.2 Å². The maximum absolute atomic E-state index is 12.3. The van der Waals surface area contributed by atoms with Gasteiger partial charge in [-0.2, -0.15) is 18.4 Å². The van der Waals surface area contributed by atoms with E-state index in [9.17, 15) is 13.2 Å².